The second kappa shape index (κ2) is 5.15. The number of aromatic carboxylic acids is 1. The van der Waals surface area contributed by atoms with Gasteiger partial charge in [-0.2, -0.15) is 0 Å². The van der Waals surface area contributed by atoms with Gasteiger partial charge in [0.25, 0.3) is 0 Å². The Kier molecular flexibility index (Phi) is 3.39. The van der Waals surface area contributed by atoms with Crippen LogP contribution in [0.4, 0.5) is 5.82 Å². The van der Waals surface area contributed by atoms with Crippen LogP contribution in [0, 0.1) is 12.3 Å². The number of fused-ring (bicyclic) bond motifs is 1. The zero-order valence-electron chi connectivity index (χ0n) is 9.55. The molecule has 18 heavy (non-hydrogen) atoms. The van der Waals surface area contributed by atoms with Crippen molar-refractivity contribution < 1.29 is 9.90 Å². The number of benzene rings is 1. The lowest BCUT2D eigenvalue weighted by Crippen LogP contribution is -2.09. The van der Waals surface area contributed by atoms with E-state index in [-0.39, 0.29) is 5.82 Å². The molecule has 0 radical (unpaired) electrons. The summed E-state index contributed by atoms with van der Waals surface area (Å²) in [7, 11) is 0. The summed E-state index contributed by atoms with van der Waals surface area (Å²) in [6.45, 7) is 0.538. The van der Waals surface area contributed by atoms with Crippen LogP contribution in [-0.2, 0) is 0 Å². The number of carboxylic acids is 1. The van der Waals surface area contributed by atoms with Crippen molar-refractivity contribution in [1.29, 1.82) is 0 Å². The van der Waals surface area contributed by atoms with Gasteiger partial charge in [-0.15, -0.1) is 12.3 Å². The smallest absolute Gasteiger partial charge is 0.374 e. The molecule has 0 unspecified atom stereocenters. The number of nitrogens with zero attached hydrogens (tertiary/aromatic N) is 2. The van der Waals surface area contributed by atoms with Gasteiger partial charge in [0.1, 0.15) is 5.82 Å². The number of terminal acetylenes is 1. The summed E-state index contributed by atoms with van der Waals surface area (Å²) in [6.07, 6.45) is 5.71. The molecule has 1 aromatic carbocycles. The van der Waals surface area contributed by atoms with Crippen LogP contribution in [0.3, 0.4) is 0 Å². The fourth-order valence-corrected chi connectivity index (χ4v) is 1.56. The maximum atomic E-state index is 10.9. The third-order valence-corrected chi connectivity index (χ3v) is 2.36. The molecule has 0 amide bonds. The Labute approximate surface area is 104 Å². The first-order valence-electron chi connectivity index (χ1n) is 5.40. The second-order valence-corrected chi connectivity index (χ2v) is 3.60. The number of para-hydroxylation sites is 1. The molecule has 2 N–H and O–H groups in total. The van der Waals surface area contributed by atoms with Crippen molar-refractivity contribution in [2.75, 3.05) is 11.9 Å². The molecule has 0 aliphatic rings. The van der Waals surface area contributed by atoms with E-state index >= 15 is 0 Å². The van der Waals surface area contributed by atoms with E-state index < -0.39 is 5.97 Å². The van der Waals surface area contributed by atoms with Crippen molar-refractivity contribution in [2.45, 2.75) is 6.42 Å². The van der Waals surface area contributed by atoms with Crippen molar-refractivity contribution in [3.8, 4) is 12.3 Å². The molecule has 0 atom stereocenters. The lowest BCUT2D eigenvalue weighted by atomic mass is 10.2. The summed E-state index contributed by atoms with van der Waals surface area (Å²) in [4.78, 5) is 18.9. The quantitative estimate of drug-likeness (QED) is 0.630. The highest BCUT2D eigenvalue weighted by Gasteiger charge is 2.11. The number of anilines is 1. The van der Waals surface area contributed by atoms with Gasteiger partial charge in [-0.05, 0) is 12.1 Å². The Morgan fingerprint density at radius 1 is 1.39 bits per heavy atom. The number of hydrogen-bond acceptors (Lipinski definition) is 4. The predicted molar refractivity (Wildman–Crippen MR) is 68.4 cm³/mol. The molecule has 1 aromatic heterocycles. The van der Waals surface area contributed by atoms with Gasteiger partial charge < -0.3 is 10.4 Å². The van der Waals surface area contributed by atoms with Gasteiger partial charge in [0, 0.05) is 18.4 Å². The number of hydrogen-bond donors (Lipinski definition) is 2. The molecule has 5 heteroatoms. The Balaban J connectivity index is 2.47. The van der Waals surface area contributed by atoms with Gasteiger partial charge in [0.05, 0.1) is 5.52 Å². The molecule has 0 spiro atoms. The molecule has 2 rings (SSSR count). The molecule has 0 saturated heterocycles. The normalized spacial score (nSPS) is 9.94. The maximum absolute atomic E-state index is 10.9. The molecule has 0 bridgehead atoms. The number of rotatable bonds is 4. The van der Waals surface area contributed by atoms with Crippen molar-refractivity contribution in [1.82, 2.24) is 9.97 Å². The van der Waals surface area contributed by atoms with Crippen LogP contribution < -0.4 is 5.32 Å². The number of carboxylic acid groups (broad SMARTS) is 1. The van der Waals surface area contributed by atoms with Gasteiger partial charge in [-0.1, -0.05) is 12.1 Å². The molecule has 0 aliphatic carbocycles. The first-order chi connectivity index (χ1) is 8.72. The van der Waals surface area contributed by atoms with E-state index in [0.717, 1.165) is 5.39 Å². The average Bonchev–Trinajstić information content (AvgIpc) is 2.38. The van der Waals surface area contributed by atoms with Crippen LogP contribution in [0.2, 0.25) is 0 Å². The van der Waals surface area contributed by atoms with Crippen LogP contribution in [0.25, 0.3) is 10.9 Å². The molecule has 0 saturated carbocycles. The monoisotopic (exact) mass is 241 g/mol. The minimum absolute atomic E-state index is 0.225. The molecular formula is C13H11N3O2. The standard InChI is InChI=1S/C13H11N3O2/c1-2-3-8-14-11-9-6-4-5-7-10(9)15-12(16-11)13(17)18/h1,4-7H,3,8H2,(H,17,18)(H,14,15,16). The van der Waals surface area contributed by atoms with E-state index in [1.807, 2.05) is 12.1 Å². The largest absolute Gasteiger partial charge is 0.475 e. The molecular weight excluding hydrogens is 230 g/mol. The van der Waals surface area contributed by atoms with Crippen molar-refractivity contribution >= 4 is 22.7 Å². The van der Waals surface area contributed by atoms with Crippen molar-refractivity contribution in [3.63, 3.8) is 0 Å². The second-order valence-electron chi connectivity index (χ2n) is 3.60. The average molecular weight is 241 g/mol. The number of carbonyl (C=O) groups is 1. The van der Waals surface area contributed by atoms with Gasteiger partial charge in [0.15, 0.2) is 0 Å². The Morgan fingerprint density at radius 2 is 2.17 bits per heavy atom. The third kappa shape index (κ3) is 2.38. The first-order valence-corrected chi connectivity index (χ1v) is 5.40. The van der Waals surface area contributed by atoms with Crippen molar-refractivity contribution in [2.24, 2.45) is 0 Å². The van der Waals surface area contributed by atoms with Crippen LogP contribution in [0.5, 0.6) is 0 Å². The lowest BCUT2D eigenvalue weighted by Gasteiger charge is -2.08. The summed E-state index contributed by atoms with van der Waals surface area (Å²) in [5, 5.41) is 12.8. The summed E-state index contributed by atoms with van der Waals surface area (Å²) in [5.74, 6) is 1.62. The van der Waals surface area contributed by atoms with Crippen molar-refractivity contribution in [3.05, 3.63) is 30.1 Å². The maximum Gasteiger partial charge on any atom is 0.374 e. The van der Waals surface area contributed by atoms with E-state index in [4.69, 9.17) is 11.5 Å². The summed E-state index contributed by atoms with van der Waals surface area (Å²) >= 11 is 0. The lowest BCUT2D eigenvalue weighted by molar-refractivity contribution is 0.0684. The first kappa shape index (κ1) is 11.9. The molecule has 1 heterocycles. The van der Waals surface area contributed by atoms with Gasteiger partial charge in [-0.3, -0.25) is 0 Å². The Hall–Kier alpha value is -2.61. The number of nitrogens with one attached hydrogen (secondary N) is 1. The van der Waals surface area contributed by atoms with E-state index in [9.17, 15) is 4.79 Å². The van der Waals surface area contributed by atoms with Gasteiger partial charge in [-0.25, -0.2) is 14.8 Å². The fourth-order valence-electron chi connectivity index (χ4n) is 1.56. The van der Waals surface area contributed by atoms with E-state index in [0.29, 0.717) is 24.3 Å². The third-order valence-electron chi connectivity index (χ3n) is 2.36. The van der Waals surface area contributed by atoms with Crippen LogP contribution in [-0.4, -0.2) is 27.6 Å². The van der Waals surface area contributed by atoms with E-state index in [1.165, 1.54) is 0 Å². The molecule has 5 nitrogen and oxygen atoms in total. The zero-order valence-corrected chi connectivity index (χ0v) is 9.55. The van der Waals surface area contributed by atoms with E-state index in [2.05, 4.69) is 21.2 Å². The summed E-state index contributed by atoms with van der Waals surface area (Å²) in [6, 6.07) is 7.22. The fraction of sp³-hybridized carbons (Fsp3) is 0.154. The zero-order chi connectivity index (χ0) is 13.0. The van der Waals surface area contributed by atoms with E-state index in [1.54, 1.807) is 12.1 Å². The van der Waals surface area contributed by atoms with Crippen LogP contribution in [0.15, 0.2) is 24.3 Å². The molecule has 90 valence electrons. The molecule has 0 aliphatic heterocycles. The predicted octanol–water partition coefficient (Wildman–Crippen LogP) is 1.76. The summed E-state index contributed by atoms with van der Waals surface area (Å²) < 4.78 is 0. The van der Waals surface area contributed by atoms with Gasteiger partial charge in [0.2, 0.25) is 5.82 Å². The highest BCUT2D eigenvalue weighted by atomic mass is 16.4. The molecule has 0 fully saturated rings. The highest BCUT2D eigenvalue weighted by Crippen LogP contribution is 2.19. The molecule has 2 aromatic rings. The topological polar surface area (TPSA) is 75.1 Å². The Bertz CT molecular complexity index is 632. The van der Waals surface area contributed by atoms with Gasteiger partial charge >= 0.3 is 5.97 Å². The van der Waals surface area contributed by atoms with Crippen LogP contribution in [0.1, 0.15) is 17.0 Å². The summed E-state index contributed by atoms with van der Waals surface area (Å²) in [5.41, 5.74) is 0.591. The van der Waals surface area contributed by atoms with Crippen LogP contribution >= 0.6 is 0 Å². The Morgan fingerprint density at radius 3 is 2.89 bits per heavy atom. The minimum Gasteiger partial charge on any atom is -0.475 e. The highest BCUT2D eigenvalue weighted by molar-refractivity contribution is 5.93. The SMILES string of the molecule is C#CCCNc1nc(C(=O)O)nc2ccccc12. The minimum atomic E-state index is -1.15. The number of aromatic nitrogens is 2.